The number of alkyl halides is 1. The minimum absolute atomic E-state index is 0.00293. The number of unbranched alkanes of at least 4 members (excludes halogenated alkanes) is 7. The summed E-state index contributed by atoms with van der Waals surface area (Å²) < 4.78 is 15.6. The molecule has 0 saturated heterocycles. The maximum Gasteiger partial charge on any atom is 0.130 e. The largest absolute Gasteiger partial charge is 0.239 e. The Hall–Kier alpha value is -3.19. The summed E-state index contributed by atoms with van der Waals surface area (Å²) in [5.74, 6) is 0. The number of hydrogen-bond acceptors (Lipinski definition) is 0. The van der Waals surface area contributed by atoms with Crippen molar-refractivity contribution in [2.24, 2.45) is 10.8 Å². The summed E-state index contributed by atoms with van der Waals surface area (Å²) in [4.78, 5) is 0. The summed E-state index contributed by atoms with van der Waals surface area (Å²) in [5.41, 5.74) is 13.1. The maximum atomic E-state index is 15.6. The number of allylic oxidation sites excluding steroid dienone is 14. The molecule has 1 heteroatoms. The van der Waals surface area contributed by atoms with Gasteiger partial charge in [-0.3, -0.25) is 0 Å². The van der Waals surface area contributed by atoms with Gasteiger partial charge in [0.2, 0.25) is 0 Å². The molecule has 1 aromatic rings. The number of hydrogen-bond donors (Lipinski definition) is 0. The second-order valence-corrected chi connectivity index (χ2v) is 18.4. The maximum absolute atomic E-state index is 15.6. The van der Waals surface area contributed by atoms with Gasteiger partial charge in [-0.25, -0.2) is 4.39 Å². The highest BCUT2D eigenvalue weighted by Crippen LogP contribution is 2.47. The first kappa shape index (κ1) is 48.0. The van der Waals surface area contributed by atoms with Crippen LogP contribution in [0.1, 0.15) is 189 Å². The van der Waals surface area contributed by atoms with E-state index in [1.165, 1.54) is 110 Å². The van der Waals surface area contributed by atoms with Gasteiger partial charge >= 0.3 is 0 Å². The number of benzene rings is 1. The summed E-state index contributed by atoms with van der Waals surface area (Å²) in [6.45, 7) is 41.2. The topological polar surface area (TPSA) is 0 Å². The van der Waals surface area contributed by atoms with E-state index < -0.39 is 5.67 Å². The van der Waals surface area contributed by atoms with E-state index in [1.807, 2.05) is 18.2 Å². The monoisotopic (exact) mass is 749 g/mol. The Balaban J connectivity index is 2.59. The highest BCUT2D eigenvalue weighted by molar-refractivity contribution is 5.81. The lowest BCUT2D eigenvalue weighted by Crippen LogP contribution is -2.17. The normalized spacial score (nSPS) is 16.7. The second kappa shape index (κ2) is 22.5. The van der Waals surface area contributed by atoms with E-state index in [4.69, 9.17) is 6.58 Å². The van der Waals surface area contributed by atoms with Crippen molar-refractivity contribution in [2.75, 3.05) is 0 Å². The molecule has 1 aliphatic carbocycles. The third-order valence-electron chi connectivity index (χ3n) is 12.6. The predicted octanol–water partition coefficient (Wildman–Crippen LogP) is 17.8. The molecule has 1 saturated carbocycles. The number of rotatable bonds is 23. The van der Waals surface area contributed by atoms with Crippen molar-refractivity contribution in [2.45, 2.75) is 185 Å². The Morgan fingerprint density at radius 1 is 0.818 bits per heavy atom. The van der Waals surface area contributed by atoms with Crippen molar-refractivity contribution in [1.82, 2.24) is 0 Å². The zero-order valence-corrected chi connectivity index (χ0v) is 37.6. The summed E-state index contributed by atoms with van der Waals surface area (Å²) in [6, 6.07) is 6.19. The molecule has 0 heterocycles. The van der Waals surface area contributed by atoms with Gasteiger partial charge < -0.3 is 0 Å². The third-order valence-corrected chi connectivity index (χ3v) is 12.6. The Kier molecular flexibility index (Phi) is 19.6. The van der Waals surface area contributed by atoms with E-state index in [9.17, 15) is 0 Å². The van der Waals surface area contributed by atoms with E-state index in [2.05, 4.69) is 112 Å². The predicted molar refractivity (Wildman–Crippen MR) is 246 cm³/mol. The van der Waals surface area contributed by atoms with Crippen molar-refractivity contribution in [3.05, 3.63) is 136 Å². The van der Waals surface area contributed by atoms with Crippen LogP contribution < -0.4 is 0 Å². The molecule has 0 N–H and O–H groups in total. The van der Waals surface area contributed by atoms with Gasteiger partial charge in [-0.05, 0) is 159 Å². The lowest BCUT2D eigenvalue weighted by molar-refractivity contribution is 0.221. The van der Waals surface area contributed by atoms with Crippen molar-refractivity contribution in [1.29, 1.82) is 0 Å². The van der Waals surface area contributed by atoms with Crippen molar-refractivity contribution >= 4 is 5.57 Å². The molecule has 0 aliphatic heterocycles. The van der Waals surface area contributed by atoms with Gasteiger partial charge in [0.15, 0.2) is 0 Å². The lowest BCUT2D eigenvalue weighted by atomic mass is 9.74. The van der Waals surface area contributed by atoms with Crippen LogP contribution in [0.5, 0.6) is 0 Å². The molecule has 0 aromatic heterocycles. The Morgan fingerprint density at radius 2 is 1.42 bits per heavy atom. The zero-order valence-electron chi connectivity index (χ0n) is 37.6. The van der Waals surface area contributed by atoms with Gasteiger partial charge in [-0.1, -0.05) is 172 Å². The van der Waals surface area contributed by atoms with Crippen molar-refractivity contribution in [3.63, 3.8) is 0 Å². The standard InChI is InChI=1S/C54H81F/c1-16-20-21-22-23-24-25-26-30-45(29-17-2)44(9)41(6)31-34-48(51(19-4)54(15)35-27-28-36-54)42(7)37-46-32-33-47(53(13,14)55)39-50(46)49(40(5)18-3)38-43(8)52(10,11)12/h17-19,29,32-33,38-39H,2-4,7,16,20-28,30-31,34-37H2,1,5-6,8-15H3/b43-38+,44-41-,45-29-,49-40-,51-48+. The molecule has 55 heavy (non-hydrogen) atoms. The molecular weight excluding hydrogens is 668 g/mol. The zero-order chi connectivity index (χ0) is 41.4. The molecule has 0 atom stereocenters. The van der Waals surface area contributed by atoms with E-state index in [1.54, 1.807) is 13.8 Å². The number of halogens is 1. The third kappa shape index (κ3) is 14.7. The van der Waals surface area contributed by atoms with Crippen LogP contribution in [0.4, 0.5) is 4.39 Å². The minimum Gasteiger partial charge on any atom is -0.239 e. The Labute approximate surface area is 340 Å². The molecule has 0 nitrogen and oxygen atoms in total. The van der Waals surface area contributed by atoms with Crippen molar-refractivity contribution < 1.29 is 4.39 Å². The van der Waals surface area contributed by atoms with Gasteiger partial charge in [0.05, 0.1) is 0 Å². The van der Waals surface area contributed by atoms with E-state index >= 15 is 4.39 Å². The molecule has 1 aliphatic rings. The minimum atomic E-state index is -1.47. The molecule has 304 valence electrons. The van der Waals surface area contributed by atoms with Gasteiger partial charge in [-0.15, -0.1) is 0 Å². The fourth-order valence-electron chi connectivity index (χ4n) is 8.06. The summed E-state index contributed by atoms with van der Waals surface area (Å²) >= 11 is 0. The Bertz CT molecular complexity index is 1620. The fraction of sp³-hybridized carbons (Fsp3) is 0.556. The first-order valence-corrected chi connectivity index (χ1v) is 21.7. The molecule has 0 spiro atoms. The molecule has 1 fully saturated rings. The van der Waals surface area contributed by atoms with E-state index in [0.29, 0.717) is 12.0 Å². The van der Waals surface area contributed by atoms with E-state index in [0.717, 1.165) is 47.1 Å². The van der Waals surface area contributed by atoms with Crippen LogP contribution >= 0.6 is 0 Å². The first-order chi connectivity index (χ1) is 25.8. The fourth-order valence-corrected chi connectivity index (χ4v) is 8.06. The highest BCUT2D eigenvalue weighted by Gasteiger charge is 2.33. The van der Waals surface area contributed by atoms with Gasteiger partial charge in [0.1, 0.15) is 5.67 Å². The molecule has 0 unspecified atom stereocenters. The molecule has 2 rings (SSSR count). The Morgan fingerprint density at radius 3 is 1.95 bits per heavy atom. The molecular formula is C54H81F. The first-order valence-electron chi connectivity index (χ1n) is 21.7. The molecule has 0 bridgehead atoms. The molecule has 0 amide bonds. The van der Waals surface area contributed by atoms with E-state index in [-0.39, 0.29) is 10.8 Å². The van der Waals surface area contributed by atoms with Crippen molar-refractivity contribution in [3.8, 4) is 0 Å². The van der Waals surface area contributed by atoms with Crippen LogP contribution in [0.3, 0.4) is 0 Å². The van der Waals surface area contributed by atoms with Gasteiger partial charge in [0.25, 0.3) is 0 Å². The van der Waals surface area contributed by atoms with Gasteiger partial charge in [0, 0.05) is 0 Å². The van der Waals surface area contributed by atoms with Crippen LogP contribution in [0.2, 0.25) is 0 Å². The lowest BCUT2D eigenvalue weighted by Gasteiger charge is -2.30. The summed E-state index contributed by atoms with van der Waals surface area (Å²) in [6.07, 6.45) is 29.7. The summed E-state index contributed by atoms with van der Waals surface area (Å²) in [5, 5.41) is 0. The average Bonchev–Trinajstić information content (AvgIpc) is 3.58. The smallest absolute Gasteiger partial charge is 0.130 e. The molecule has 1 aromatic carbocycles. The van der Waals surface area contributed by atoms with Gasteiger partial charge in [-0.2, -0.15) is 0 Å². The van der Waals surface area contributed by atoms with Crippen LogP contribution in [0, 0.1) is 10.8 Å². The van der Waals surface area contributed by atoms with Crippen LogP contribution in [-0.4, -0.2) is 0 Å². The average molecular weight is 749 g/mol. The molecule has 0 radical (unpaired) electrons. The highest BCUT2D eigenvalue weighted by atomic mass is 19.1. The summed E-state index contributed by atoms with van der Waals surface area (Å²) in [7, 11) is 0. The van der Waals surface area contributed by atoms with Crippen LogP contribution in [0.25, 0.3) is 5.57 Å². The van der Waals surface area contributed by atoms with Crippen LogP contribution in [0.15, 0.2) is 119 Å². The SMILES string of the molecule is C=C/C=C(CCCCCCCCCC)\C(C)=C(\C)CC/C(C(=C)Cc1ccc(C(C)(C)F)cc1C(/C=C(\C)C(C)(C)C)=C(/C)C=C)=C(/C=C)C1(C)CCCC1. The second-order valence-electron chi connectivity index (χ2n) is 18.4. The quantitative estimate of drug-likeness (QED) is 0.0772. The van der Waals surface area contributed by atoms with Crippen LogP contribution in [-0.2, 0) is 12.1 Å².